The van der Waals surface area contributed by atoms with Crippen LogP contribution >= 0.6 is 27.3 Å². The molecule has 1 aromatic heterocycles. The van der Waals surface area contributed by atoms with Crippen molar-refractivity contribution in [2.24, 2.45) is 0 Å². The molecule has 20 heavy (non-hydrogen) atoms. The minimum absolute atomic E-state index is 0.0181. The molecule has 2 N–H and O–H groups in total. The summed E-state index contributed by atoms with van der Waals surface area (Å²) >= 11 is 4.20. The second-order valence-corrected chi connectivity index (χ2v) is 7.47. The van der Waals surface area contributed by atoms with Crippen molar-refractivity contribution in [3.05, 3.63) is 44.6 Å². The second kappa shape index (κ2) is 5.55. The normalized spacial score (nSPS) is 11.3. The molecule has 0 aliphatic rings. The number of aromatic carboxylic acids is 1. The summed E-state index contributed by atoms with van der Waals surface area (Å²) in [6, 6.07) is 6.20. The lowest BCUT2D eigenvalue weighted by Crippen LogP contribution is -2.12. The van der Waals surface area contributed by atoms with E-state index in [-0.39, 0.29) is 9.77 Å². The molecule has 0 aliphatic carbocycles. The molecular formula is C12H10BrNO4S2. The number of aryl methyl sites for hydroxylation is 1. The van der Waals surface area contributed by atoms with Gasteiger partial charge in [0.05, 0.1) is 4.90 Å². The first-order valence-corrected chi connectivity index (χ1v) is 8.56. The number of benzene rings is 1. The van der Waals surface area contributed by atoms with Gasteiger partial charge in [0, 0.05) is 15.5 Å². The highest BCUT2D eigenvalue weighted by Gasteiger charge is 2.18. The molecule has 1 aromatic carbocycles. The number of nitrogens with one attached hydrogen (secondary N) is 1. The molecule has 0 amide bonds. The van der Waals surface area contributed by atoms with Crippen molar-refractivity contribution >= 4 is 48.9 Å². The lowest BCUT2D eigenvalue weighted by Gasteiger charge is -2.07. The van der Waals surface area contributed by atoms with Crippen molar-refractivity contribution < 1.29 is 18.3 Å². The number of carbonyl (C=O) groups is 1. The van der Waals surface area contributed by atoms with Crippen LogP contribution in [-0.4, -0.2) is 19.5 Å². The molecule has 2 rings (SSSR count). The molecule has 0 unspecified atom stereocenters. The van der Waals surface area contributed by atoms with Crippen LogP contribution in [0, 0.1) is 6.92 Å². The van der Waals surface area contributed by atoms with Gasteiger partial charge < -0.3 is 5.11 Å². The molecule has 106 valence electrons. The zero-order chi connectivity index (χ0) is 14.9. The number of thiophene rings is 1. The lowest BCUT2D eigenvalue weighted by molar-refractivity contribution is 0.0702. The maximum absolute atomic E-state index is 12.1. The van der Waals surface area contributed by atoms with Gasteiger partial charge in [-0.3, -0.25) is 4.72 Å². The third kappa shape index (κ3) is 3.20. The highest BCUT2D eigenvalue weighted by atomic mass is 79.9. The number of carboxylic acids is 1. The van der Waals surface area contributed by atoms with Crippen molar-refractivity contribution in [1.29, 1.82) is 0 Å². The average molecular weight is 376 g/mol. The van der Waals surface area contributed by atoms with E-state index >= 15 is 0 Å². The third-order valence-electron chi connectivity index (χ3n) is 2.52. The highest BCUT2D eigenvalue weighted by molar-refractivity contribution is 9.10. The molecular weight excluding hydrogens is 366 g/mol. The van der Waals surface area contributed by atoms with Crippen LogP contribution in [0.15, 0.2) is 39.0 Å². The van der Waals surface area contributed by atoms with E-state index in [4.69, 9.17) is 5.11 Å². The van der Waals surface area contributed by atoms with Crippen LogP contribution < -0.4 is 4.72 Å². The number of rotatable bonds is 4. The number of halogens is 1. The Bertz CT molecular complexity index is 768. The van der Waals surface area contributed by atoms with E-state index in [0.717, 1.165) is 27.4 Å². The Morgan fingerprint density at radius 1 is 1.35 bits per heavy atom. The Morgan fingerprint density at radius 2 is 2.05 bits per heavy atom. The van der Waals surface area contributed by atoms with Crippen LogP contribution in [0.4, 0.5) is 5.69 Å². The molecule has 0 saturated carbocycles. The Kier molecular flexibility index (Phi) is 4.17. The van der Waals surface area contributed by atoms with Crippen molar-refractivity contribution in [3.63, 3.8) is 0 Å². The van der Waals surface area contributed by atoms with Crippen LogP contribution in [0.5, 0.6) is 0 Å². The number of sulfonamides is 1. The highest BCUT2D eigenvalue weighted by Crippen LogP contribution is 2.25. The third-order valence-corrected chi connectivity index (χ3v) is 5.80. The van der Waals surface area contributed by atoms with Crippen LogP contribution in [0.25, 0.3) is 0 Å². The first-order valence-electron chi connectivity index (χ1n) is 5.40. The summed E-state index contributed by atoms with van der Waals surface area (Å²) in [4.78, 5) is 10.7. The van der Waals surface area contributed by atoms with Crippen molar-refractivity contribution in [3.8, 4) is 0 Å². The summed E-state index contributed by atoms with van der Waals surface area (Å²) in [5.74, 6) is -1.14. The molecule has 0 saturated heterocycles. The molecule has 0 spiro atoms. The van der Waals surface area contributed by atoms with Crippen LogP contribution in [-0.2, 0) is 10.0 Å². The zero-order valence-electron chi connectivity index (χ0n) is 10.3. The van der Waals surface area contributed by atoms with Gasteiger partial charge in [-0.05, 0) is 30.7 Å². The standard InChI is InChI=1S/C12H10BrNO4S2/c1-7-2-3-8(4-10(7)13)14-20(17,18)9-5-11(12(15)16)19-6-9/h2-6,14H,1H3,(H,15,16). The predicted octanol–water partition coefficient (Wildman–Crippen LogP) is 3.32. The van der Waals surface area contributed by atoms with E-state index in [0.29, 0.717) is 5.69 Å². The van der Waals surface area contributed by atoms with Crippen molar-refractivity contribution in [1.82, 2.24) is 0 Å². The first kappa shape index (κ1) is 15.0. The number of carboxylic acid groups (broad SMARTS) is 1. The van der Waals surface area contributed by atoms with E-state index in [2.05, 4.69) is 20.7 Å². The summed E-state index contributed by atoms with van der Waals surface area (Å²) in [7, 11) is -3.78. The Hall–Kier alpha value is -1.38. The summed E-state index contributed by atoms with van der Waals surface area (Å²) in [6.45, 7) is 1.89. The fourth-order valence-corrected chi connectivity index (χ4v) is 3.98. The minimum Gasteiger partial charge on any atom is -0.477 e. The van der Waals surface area contributed by atoms with E-state index < -0.39 is 16.0 Å². The SMILES string of the molecule is Cc1ccc(NS(=O)(=O)c2csc(C(=O)O)c2)cc1Br. The summed E-state index contributed by atoms with van der Waals surface area (Å²) in [5.41, 5.74) is 1.39. The summed E-state index contributed by atoms with van der Waals surface area (Å²) in [5, 5.41) is 10.1. The average Bonchev–Trinajstić information content (AvgIpc) is 2.84. The van der Waals surface area contributed by atoms with Gasteiger partial charge in [0.2, 0.25) is 0 Å². The number of hydrogen-bond donors (Lipinski definition) is 2. The quantitative estimate of drug-likeness (QED) is 0.858. The Balaban J connectivity index is 2.30. The molecule has 0 aliphatic heterocycles. The van der Waals surface area contributed by atoms with Crippen molar-refractivity contribution in [2.75, 3.05) is 4.72 Å². The topological polar surface area (TPSA) is 83.5 Å². The van der Waals surface area contributed by atoms with Crippen LogP contribution in [0.2, 0.25) is 0 Å². The molecule has 2 aromatic rings. The Morgan fingerprint density at radius 3 is 2.60 bits per heavy atom. The van der Waals surface area contributed by atoms with E-state index in [1.165, 1.54) is 5.38 Å². The monoisotopic (exact) mass is 375 g/mol. The molecule has 0 bridgehead atoms. The van der Waals surface area contributed by atoms with Gasteiger partial charge in [-0.1, -0.05) is 22.0 Å². The lowest BCUT2D eigenvalue weighted by atomic mass is 10.2. The maximum Gasteiger partial charge on any atom is 0.345 e. The molecule has 8 heteroatoms. The predicted molar refractivity (Wildman–Crippen MR) is 81.0 cm³/mol. The van der Waals surface area contributed by atoms with Gasteiger partial charge in [-0.25, -0.2) is 13.2 Å². The maximum atomic E-state index is 12.1. The summed E-state index contributed by atoms with van der Waals surface area (Å²) in [6.07, 6.45) is 0. The van der Waals surface area contributed by atoms with Gasteiger partial charge in [0.25, 0.3) is 10.0 Å². The first-order chi connectivity index (χ1) is 9.29. The molecule has 0 fully saturated rings. The number of hydrogen-bond acceptors (Lipinski definition) is 4. The fraction of sp³-hybridized carbons (Fsp3) is 0.0833. The fourth-order valence-electron chi connectivity index (χ4n) is 1.44. The van der Waals surface area contributed by atoms with E-state index in [1.54, 1.807) is 18.2 Å². The largest absolute Gasteiger partial charge is 0.477 e. The molecule has 0 radical (unpaired) electrons. The van der Waals surface area contributed by atoms with Gasteiger partial charge in [-0.15, -0.1) is 11.3 Å². The zero-order valence-corrected chi connectivity index (χ0v) is 13.5. The second-order valence-electron chi connectivity index (χ2n) is 4.02. The van der Waals surface area contributed by atoms with Crippen molar-refractivity contribution in [2.45, 2.75) is 11.8 Å². The Labute approximate surface area is 128 Å². The molecule has 0 atom stereocenters. The minimum atomic E-state index is -3.78. The summed E-state index contributed by atoms with van der Waals surface area (Å²) < 4.78 is 27.4. The van der Waals surface area contributed by atoms with Gasteiger partial charge >= 0.3 is 5.97 Å². The van der Waals surface area contributed by atoms with Gasteiger partial charge in [0.1, 0.15) is 4.88 Å². The number of anilines is 1. The van der Waals surface area contributed by atoms with Crippen LogP contribution in [0.3, 0.4) is 0 Å². The van der Waals surface area contributed by atoms with Crippen LogP contribution in [0.1, 0.15) is 15.2 Å². The smallest absolute Gasteiger partial charge is 0.345 e. The molecule has 1 heterocycles. The van der Waals surface area contributed by atoms with Gasteiger partial charge in [-0.2, -0.15) is 0 Å². The van der Waals surface area contributed by atoms with E-state index in [9.17, 15) is 13.2 Å². The van der Waals surface area contributed by atoms with Gasteiger partial charge in [0.15, 0.2) is 0 Å². The molecule has 5 nitrogen and oxygen atoms in total. The van der Waals surface area contributed by atoms with E-state index in [1.807, 2.05) is 6.92 Å².